The van der Waals surface area contributed by atoms with Gasteiger partial charge >= 0.3 is 0 Å². The van der Waals surface area contributed by atoms with Crippen molar-refractivity contribution in [2.75, 3.05) is 13.1 Å². The SMILES string of the molecule is Cl.NC1CCN(C(=O)C(Cc2ccccc2)NC(=O)c2ccco2)CC1. The molecule has 1 atom stereocenters. The van der Waals surface area contributed by atoms with Crippen molar-refractivity contribution in [3.63, 3.8) is 0 Å². The number of rotatable bonds is 5. The van der Waals surface area contributed by atoms with Crippen LogP contribution in [-0.4, -0.2) is 41.9 Å². The number of hydrogen-bond acceptors (Lipinski definition) is 4. The lowest BCUT2D eigenvalue weighted by atomic mass is 10.0. The summed E-state index contributed by atoms with van der Waals surface area (Å²) in [5.74, 6) is -0.254. The third-order valence-corrected chi connectivity index (χ3v) is 4.48. The second kappa shape index (κ2) is 9.40. The minimum atomic E-state index is -0.630. The average Bonchev–Trinajstić information content (AvgIpc) is 3.17. The zero-order valence-electron chi connectivity index (χ0n) is 14.5. The second-order valence-corrected chi connectivity index (χ2v) is 6.36. The monoisotopic (exact) mass is 377 g/mol. The predicted octanol–water partition coefficient (Wildman–Crippen LogP) is 1.99. The Bertz CT molecular complexity index is 698. The van der Waals surface area contributed by atoms with Crippen molar-refractivity contribution in [3.8, 4) is 0 Å². The predicted molar refractivity (Wildman–Crippen MR) is 101 cm³/mol. The van der Waals surface area contributed by atoms with Gasteiger partial charge in [0.05, 0.1) is 6.26 Å². The number of amides is 2. The van der Waals surface area contributed by atoms with Crippen LogP contribution < -0.4 is 11.1 Å². The Kier molecular flexibility index (Phi) is 7.24. The number of likely N-dealkylation sites (tertiary alicyclic amines) is 1. The van der Waals surface area contributed by atoms with E-state index in [0.717, 1.165) is 18.4 Å². The van der Waals surface area contributed by atoms with Crippen molar-refractivity contribution < 1.29 is 14.0 Å². The molecule has 0 radical (unpaired) electrons. The van der Waals surface area contributed by atoms with Crippen LogP contribution in [0.15, 0.2) is 53.1 Å². The number of benzene rings is 1. The number of piperidine rings is 1. The Morgan fingerprint density at radius 2 is 1.85 bits per heavy atom. The zero-order chi connectivity index (χ0) is 17.6. The molecule has 0 bridgehead atoms. The minimum Gasteiger partial charge on any atom is -0.459 e. The van der Waals surface area contributed by atoms with Gasteiger partial charge in [-0.3, -0.25) is 9.59 Å². The second-order valence-electron chi connectivity index (χ2n) is 6.36. The molecule has 1 aromatic heterocycles. The van der Waals surface area contributed by atoms with Gasteiger partial charge in [0.1, 0.15) is 6.04 Å². The number of carbonyl (C=O) groups excluding carboxylic acids is 2. The van der Waals surface area contributed by atoms with Crippen LogP contribution in [0.1, 0.15) is 29.0 Å². The lowest BCUT2D eigenvalue weighted by Gasteiger charge is -2.33. The Balaban J connectivity index is 0.00000243. The Hall–Kier alpha value is -2.31. The number of carbonyl (C=O) groups is 2. The molecule has 1 fully saturated rings. The van der Waals surface area contributed by atoms with Crippen molar-refractivity contribution in [1.82, 2.24) is 10.2 Å². The first-order valence-corrected chi connectivity index (χ1v) is 8.56. The maximum Gasteiger partial charge on any atom is 0.287 e. The normalized spacial score (nSPS) is 15.8. The summed E-state index contributed by atoms with van der Waals surface area (Å²) in [6.07, 6.45) is 3.45. The molecule has 0 saturated carbocycles. The van der Waals surface area contributed by atoms with Crippen LogP contribution >= 0.6 is 12.4 Å². The van der Waals surface area contributed by atoms with Crippen LogP contribution in [0.2, 0.25) is 0 Å². The maximum atomic E-state index is 13.0. The molecule has 1 aliphatic rings. The lowest BCUT2D eigenvalue weighted by Crippen LogP contribution is -2.52. The van der Waals surface area contributed by atoms with E-state index in [2.05, 4.69) is 5.32 Å². The van der Waals surface area contributed by atoms with Crippen LogP contribution in [-0.2, 0) is 11.2 Å². The van der Waals surface area contributed by atoms with E-state index in [0.29, 0.717) is 19.5 Å². The van der Waals surface area contributed by atoms with E-state index in [1.807, 2.05) is 30.3 Å². The topological polar surface area (TPSA) is 88.6 Å². The Labute approximate surface area is 159 Å². The molecule has 1 saturated heterocycles. The molecule has 0 spiro atoms. The van der Waals surface area contributed by atoms with Gasteiger partial charge in [0.2, 0.25) is 5.91 Å². The molecule has 0 aliphatic carbocycles. The third kappa shape index (κ3) is 5.09. The van der Waals surface area contributed by atoms with Gasteiger partial charge in [-0.2, -0.15) is 0 Å². The first-order chi connectivity index (χ1) is 12.1. The van der Waals surface area contributed by atoms with E-state index < -0.39 is 6.04 Å². The van der Waals surface area contributed by atoms with Crippen LogP contribution in [0.4, 0.5) is 0 Å². The van der Waals surface area contributed by atoms with E-state index in [9.17, 15) is 9.59 Å². The van der Waals surface area contributed by atoms with Crippen molar-refractivity contribution in [2.24, 2.45) is 5.73 Å². The van der Waals surface area contributed by atoms with Gasteiger partial charge < -0.3 is 20.4 Å². The Morgan fingerprint density at radius 1 is 1.15 bits per heavy atom. The number of nitrogens with zero attached hydrogens (tertiary/aromatic N) is 1. The summed E-state index contributed by atoms with van der Waals surface area (Å²) >= 11 is 0. The zero-order valence-corrected chi connectivity index (χ0v) is 15.3. The standard InChI is InChI=1S/C19H23N3O3.ClH/c20-15-8-10-22(11-9-15)19(24)16(13-14-5-2-1-3-6-14)21-18(23)17-7-4-12-25-17;/h1-7,12,15-16H,8-11,13,20H2,(H,21,23);1H. The van der Waals surface area contributed by atoms with E-state index >= 15 is 0 Å². The van der Waals surface area contributed by atoms with Crippen LogP contribution in [0.5, 0.6) is 0 Å². The fraction of sp³-hybridized carbons (Fsp3) is 0.368. The van der Waals surface area contributed by atoms with Crippen molar-refractivity contribution >= 4 is 24.2 Å². The summed E-state index contributed by atoms with van der Waals surface area (Å²) in [6, 6.07) is 12.4. The first-order valence-electron chi connectivity index (χ1n) is 8.56. The fourth-order valence-corrected chi connectivity index (χ4v) is 3.03. The number of halogens is 1. The molecule has 26 heavy (non-hydrogen) atoms. The highest BCUT2D eigenvalue weighted by Gasteiger charge is 2.29. The minimum absolute atomic E-state index is 0. The molecule has 2 aromatic rings. The maximum absolute atomic E-state index is 13.0. The summed E-state index contributed by atoms with van der Waals surface area (Å²) in [5, 5.41) is 2.82. The van der Waals surface area contributed by atoms with Gasteiger partial charge in [0.15, 0.2) is 5.76 Å². The largest absolute Gasteiger partial charge is 0.459 e. The summed E-state index contributed by atoms with van der Waals surface area (Å²) in [7, 11) is 0. The molecule has 1 aliphatic heterocycles. The Morgan fingerprint density at radius 3 is 2.46 bits per heavy atom. The van der Waals surface area contributed by atoms with Crippen LogP contribution in [0.3, 0.4) is 0 Å². The van der Waals surface area contributed by atoms with Gasteiger partial charge in [-0.1, -0.05) is 30.3 Å². The fourth-order valence-electron chi connectivity index (χ4n) is 3.03. The highest BCUT2D eigenvalue weighted by atomic mass is 35.5. The molecular weight excluding hydrogens is 354 g/mol. The molecule has 140 valence electrons. The molecule has 2 amide bonds. The van der Waals surface area contributed by atoms with Gasteiger partial charge in [-0.15, -0.1) is 12.4 Å². The average molecular weight is 378 g/mol. The number of furan rings is 1. The molecular formula is C19H24ClN3O3. The van der Waals surface area contributed by atoms with E-state index in [4.69, 9.17) is 10.2 Å². The molecule has 6 nitrogen and oxygen atoms in total. The van der Waals surface area contributed by atoms with Crippen molar-refractivity contribution in [3.05, 3.63) is 60.1 Å². The number of nitrogens with two attached hydrogens (primary N) is 1. The van der Waals surface area contributed by atoms with Crippen LogP contribution in [0.25, 0.3) is 0 Å². The lowest BCUT2D eigenvalue weighted by molar-refractivity contribution is -0.134. The quantitative estimate of drug-likeness (QED) is 0.834. The first kappa shape index (κ1) is 20.0. The van der Waals surface area contributed by atoms with Gasteiger partial charge in [-0.25, -0.2) is 0 Å². The number of nitrogens with one attached hydrogen (secondary N) is 1. The van der Waals surface area contributed by atoms with Gasteiger partial charge in [-0.05, 0) is 30.5 Å². The molecule has 2 heterocycles. The molecule has 7 heteroatoms. The summed E-state index contributed by atoms with van der Waals surface area (Å²) in [4.78, 5) is 27.1. The van der Waals surface area contributed by atoms with Gasteiger partial charge in [0, 0.05) is 25.6 Å². The summed E-state index contributed by atoms with van der Waals surface area (Å²) in [5.41, 5.74) is 6.92. The van der Waals surface area contributed by atoms with Crippen LogP contribution in [0, 0.1) is 0 Å². The molecule has 3 rings (SSSR count). The third-order valence-electron chi connectivity index (χ3n) is 4.48. The van der Waals surface area contributed by atoms with E-state index in [-0.39, 0.29) is 36.0 Å². The molecule has 1 unspecified atom stereocenters. The van der Waals surface area contributed by atoms with E-state index in [1.165, 1.54) is 6.26 Å². The molecule has 1 aromatic carbocycles. The summed E-state index contributed by atoms with van der Waals surface area (Å²) in [6.45, 7) is 1.25. The van der Waals surface area contributed by atoms with Crippen molar-refractivity contribution in [2.45, 2.75) is 31.3 Å². The summed E-state index contributed by atoms with van der Waals surface area (Å²) < 4.78 is 5.13. The highest BCUT2D eigenvalue weighted by Crippen LogP contribution is 2.13. The van der Waals surface area contributed by atoms with E-state index in [1.54, 1.807) is 17.0 Å². The van der Waals surface area contributed by atoms with Crippen molar-refractivity contribution in [1.29, 1.82) is 0 Å². The van der Waals surface area contributed by atoms with Gasteiger partial charge in [0.25, 0.3) is 5.91 Å². The smallest absolute Gasteiger partial charge is 0.287 e. The number of hydrogen-bond donors (Lipinski definition) is 2. The molecule has 3 N–H and O–H groups in total. The highest BCUT2D eigenvalue weighted by molar-refractivity contribution is 5.95.